The predicted octanol–water partition coefficient (Wildman–Crippen LogP) is 5.90. The van der Waals surface area contributed by atoms with Gasteiger partial charge in [-0.1, -0.05) is 62.8 Å². The zero-order chi connectivity index (χ0) is 28.1. The maximum atomic E-state index is 13.9. The number of hydrogen-bond acceptors (Lipinski definition) is 6. The summed E-state index contributed by atoms with van der Waals surface area (Å²) >= 11 is 11.6. The van der Waals surface area contributed by atoms with Gasteiger partial charge in [0.05, 0.1) is 16.6 Å². The van der Waals surface area contributed by atoms with Crippen molar-refractivity contribution in [3.63, 3.8) is 0 Å². The van der Waals surface area contributed by atoms with Crippen LogP contribution < -0.4 is 15.1 Å². The molecule has 40 heavy (non-hydrogen) atoms. The van der Waals surface area contributed by atoms with E-state index in [1.165, 1.54) is 33.7 Å². The Morgan fingerprint density at radius 1 is 0.950 bits per heavy atom. The van der Waals surface area contributed by atoms with Gasteiger partial charge in [0.2, 0.25) is 17.7 Å². The van der Waals surface area contributed by atoms with Crippen LogP contribution in [0.25, 0.3) is 0 Å². The Bertz CT molecular complexity index is 1710. The molecule has 0 saturated carbocycles. The Balaban J connectivity index is 1.40. The molecule has 3 amide bonds. The molecule has 1 N–H and O–H groups in total. The Hall–Kier alpha value is -3.25. The summed E-state index contributed by atoms with van der Waals surface area (Å²) in [6.45, 7) is -0.303. The molecular weight excluding hydrogens is 641 g/mol. The summed E-state index contributed by atoms with van der Waals surface area (Å²) in [5, 5.41) is 2.83. The van der Waals surface area contributed by atoms with Crippen molar-refractivity contribution in [3.8, 4) is 0 Å². The van der Waals surface area contributed by atoms with Gasteiger partial charge in [0.25, 0.3) is 0 Å². The van der Waals surface area contributed by atoms with Crippen molar-refractivity contribution < 1.29 is 18.8 Å². The van der Waals surface area contributed by atoms with Crippen molar-refractivity contribution in [1.29, 1.82) is 0 Å². The molecule has 7 nitrogen and oxygen atoms in total. The summed E-state index contributed by atoms with van der Waals surface area (Å²) in [5.41, 5.74) is 1.59. The summed E-state index contributed by atoms with van der Waals surface area (Å²) < 4.78 is 15.5. The summed E-state index contributed by atoms with van der Waals surface area (Å²) in [5.74, 6) is -2.98. The number of thiazole rings is 1. The highest BCUT2D eigenvalue weighted by Crippen LogP contribution is 2.54. The van der Waals surface area contributed by atoms with E-state index < -0.39 is 34.7 Å². The van der Waals surface area contributed by atoms with Crippen LogP contribution in [0.15, 0.2) is 87.1 Å². The number of carbonyl (C=O) groups is 3. The molecule has 1 fully saturated rings. The number of halogens is 3. The Kier molecular flexibility index (Phi) is 7.16. The standard InChI is InChI=1S/C28H18BrClFN3O4S2/c29-15-3-1-14(2-4-15)21-22-23(26(37)34(25(22)36)19-11-5-16(30)6-12-19)39-27-24(21)40-28(38)33(27)13-20(35)32-18-9-7-17(31)8-10-18/h1-12,21-23H,13H2,(H,32,35)/t21-,22?,23?/m1/s1. The molecule has 202 valence electrons. The van der Waals surface area contributed by atoms with E-state index in [4.69, 9.17) is 11.6 Å². The topological polar surface area (TPSA) is 88.5 Å². The average molecular weight is 659 g/mol. The van der Waals surface area contributed by atoms with Gasteiger partial charge in [0, 0.05) is 26.0 Å². The third kappa shape index (κ3) is 4.81. The normalized spacial score (nSPS) is 19.9. The second-order valence-corrected chi connectivity index (χ2v) is 12.7. The van der Waals surface area contributed by atoms with E-state index in [1.54, 1.807) is 24.3 Å². The molecule has 0 aliphatic carbocycles. The fraction of sp³-hybridized carbons (Fsp3) is 0.143. The van der Waals surface area contributed by atoms with Crippen LogP contribution in [-0.2, 0) is 20.9 Å². The number of imide groups is 1. The Morgan fingerprint density at radius 2 is 1.62 bits per heavy atom. The minimum Gasteiger partial charge on any atom is -0.325 e. The largest absolute Gasteiger partial charge is 0.325 e. The number of carbonyl (C=O) groups excluding carboxylic acids is 3. The molecule has 0 bridgehead atoms. The van der Waals surface area contributed by atoms with Crippen LogP contribution in [0.2, 0.25) is 5.02 Å². The highest BCUT2D eigenvalue weighted by molar-refractivity contribution is 9.10. The Morgan fingerprint density at radius 3 is 2.30 bits per heavy atom. The number of anilines is 2. The van der Waals surface area contributed by atoms with Crippen LogP contribution in [-0.4, -0.2) is 27.5 Å². The van der Waals surface area contributed by atoms with Crippen molar-refractivity contribution in [2.75, 3.05) is 10.2 Å². The van der Waals surface area contributed by atoms with Crippen molar-refractivity contribution in [2.24, 2.45) is 5.92 Å². The number of amides is 3. The lowest BCUT2D eigenvalue weighted by Crippen LogP contribution is -2.33. The monoisotopic (exact) mass is 657 g/mol. The zero-order valence-corrected chi connectivity index (χ0v) is 24.3. The molecule has 0 radical (unpaired) electrons. The van der Waals surface area contributed by atoms with E-state index in [1.807, 2.05) is 24.3 Å². The molecule has 6 rings (SSSR count). The lowest BCUT2D eigenvalue weighted by Gasteiger charge is -2.30. The van der Waals surface area contributed by atoms with Gasteiger partial charge in [-0.15, -0.1) is 0 Å². The summed E-state index contributed by atoms with van der Waals surface area (Å²) in [4.78, 5) is 55.1. The van der Waals surface area contributed by atoms with Crippen LogP contribution in [0.4, 0.5) is 15.8 Å². The van der Waals surface area contributed by atoms with Crippen molar-refractivity contribution in [2.45, 2.75) is 22.7 Å². The smallest absolute Gasteiger partial charge is 0.308 e. The molecule has 4 aromatic rings. The fourth-order valence-electron chi connectivity index (χ4n) is 5.01. The van der Waals surface area contributed by atoms with Gasteiger partial charge in [0.15, 0.2) is 0 Å². The lowest BCUT2D eigenvalue weighted by atomic mass is 9.83. The molecular formula is C28H18BrClFN3O4S2. The zero-order valence-electron chi connectivity index (χ0n) is 20.3. The number of benzene rings is 3. The number of rotatable bonds is 5. The number of thioether (sulfide) groups is 1. The van der Waals surface area contributed by atoms with Gasteiger partial charge >= 0.3 is 4.87 Å². The average Bonchev–Trinajstić information content (AvgIpc) is 3.37. The van der Waals surface area contributed by atoms with Gasteiger partial charge in [-0.25, -0.2) is 9.29 Å². The first-order chi connectivity index (χ1) is 19.2. The molecule has 1 aromatic heterocycles. The number of aromatic nitrogens is 1. The SMILES string of the molecule is O=C(Cn1c2c(sc1=O)[C@H](c1ccc(Br)cc1)C1C(=O)N(c3ccc(Cl)cc3)C(=O)C1S2)Nc1ccc(F)cc1. The van der Waals surface area contributed by atoms with Crippen molar-refractivity contribution in [3.05, 3.63) is 108 Å². The quantitative estimate of drug-likeness (QED) is 0.270. The van der Waals surface area contributed by atoms with E-state index in [-0.39, 0.29) is 17.3 Å². The van der Waals surface area contributed by atoms with Crippen molar-refractivity contribution in [1.82, 2.24) is 4.57 Å². The van der Waals surface area contributed by atoms with E-state index in [0.717, 1.165) is 33.1 Å². The van der Waals surface area contributed by atoms with Gasteiger partial charge < -0.3 is 5.32 Å². The maximum absolute atomic E-state index is 13.9. The first-order valence-corrected chi connectivity index (χ1v) is 14.9. The van der Waals surface area contributed by atoms with Crippen LogP contribution >= 0.6 is 50.6 Å². The number of nitrogens with one attached hydrogen (secondary N) is 1. The lowest BCUT2D eigenvalue weighted by molar-refractivity contribution is -0.122. The molecule has 3 aromatic carbocycles. The second-order valence-electron chi connectivity index (χ2n) is 9.26. The summed E-state index contributed by atoms with van der Waals surface area (Å²) in [6, 6.07) is 19.2. The van der Waals surface area contributed by atoms with Gasteiger partial charge in [-0.2, -0.15) is 0 Å². The second kappa shape index (κ2) is 10.6. The third-order valence-corrected chi connectivity index (χ3v) is 10.2. The van der Waals surface area contributed by atoms with E-state index in [2.05, 4.69) is 21.2 Å². The van der Waals surface area contributed by atoms with Gasteiger partial charge in [-0.3, -0.25) is 23.7 Å². The fourth-order valence-corrected chi connectivity index (χ4v) is 8.17. The van der Waals surface area contributed by atoms with Crippen LogP contribution in [0.1, 0.15) is 16.4 Å². The highest BCUT2D eigenvalue weighted by Gasteiger charge is 2.56. The van der Waals surface area contributed by atoms with Crippen LogP contribution in [0, 0.1) is 11.7 Å². The minimum atomic E-state index is -0.801. The first kappa shape index (κ1) is 26.9. The number of nitrogens with zero attached hydrogens (tertiary/aromatic N) is 2. The Labute approximate surface area is 249 Å². The molecule has 2 aliphatic heterocycles. The first-order valence-electron chi connectivity index (χ1n) is 12.1. The number of fused-ring (bicyclic) bond motifs is 2. The molecule has 1 saturated heterocycles. The van der Waals surface area contributed by atoms with Crippen molar-refractivity contribution >= 4 is 79.7 Å². The number of hydrogen-bond donors (Lipinski definition) is 1. The molecule has 3 atom stereocenters. The maximum Gasteiger partial charge on any atom is 0.308 e. The van der Waals surface area contributed by atoms with E-state index in [0.29, 0.717) is 26.3 Å². The van der Waals surface area contributed by atoms with Crippen LogP contribution in [0.5, 0.6) is 0 Å². The van der Waals surface area contributed by atoms with Crippen LogP contribution in [0.3, 0.4) is 0 Å². The van der Waals surface area contributed by atoms with Gasteiger partial charge in [0.1, 0.15) is 17.6 Å². The minimum absolute atomic E-state index is 0.303. The molecule has 0 spiro atoms. The van der Waals surface area contributed by atoms with E-state index in [9.17, 15) is 23.6 Å². The third-order valence-electron chi connectivity index (χ3n) is 6.79. The molecule has 3 heterocycles. The summed E-state index contributed by atoms with van der Waals surface area (Å²) in [7, 11) is 0. The molecule has 12 heteroatoms. The van der Waals surface area contributed by atoms with E-state index >= 15 is 0 Å². The predicted molar refractivity (Wildman–Crippen MR) is 157 cm³/mol. The molecule has 2 unspecified atom stereocenters. The summed E-state index contributed by atoms with van der Waals surface area (Å²) in [6.07, 6.45) is 0. The highest BCUT2D eigenvalue weighted by atomic mass is 79.9. The molecule has 2 aliphatic rings. The van der Waals surface area contributed by atoms with Gasteiger partial charge in [-0.05, 0) is 66.2 Å².